The maximum Gasteiger partial charge on any atom is 0.279 e. The van der Waals surface area contributed by atoms with Crippen molar-refractivity contribution < 1.29 is 14.6 Å². The molecule has 2 aromatic heterocycles. The highest BCUT2D eigenvalue weighted by molar-refractivity contribution is 6.71. The first-order valence-corrected chi connectivity index (χ1v) is 16.7. The number of aliphatic hydroxyl groups is 1. The van der Waals surface area contributed by atoms with E-state index < -0.39 is 8.32 Å². The second-order valence-electron chi connectivity index (χ2n) is 11.1. The first-order chi connectivity index (χ1) is 18.7. The molecule has 0 amide bonds. The Bertz CT molecular complexity index is 1460. The van der Waals surface area contributed by atoms with Crippen molar-refractivity contribution in [2.24, 2.45) is 5.92 Å². The number of aryl methyl sites for hydroxylation is 2. The fraction of sp³-hybridized carbons (Fsp3) is 0.448. The number of ether oxygens (including phenoxy) is 1. The molecule has 0 unspecified atom stereocenters. The summed E-state index contributed by atoms with van der Waals surface area (Å²) in [5.74, 6) is 0.252. The van der Waals surface area contributed by atoms with Gasteiger partial charge in [-0.2, -0.15) is 9.78 Å². The lowest BCUT2D eigenvalue weighted by Gasteiger charge is -2.30. The zero-order valence-corrected chi connectivity index (χ0v) is 23.8. The Morgan fingerprint density at radius 2 is 1.79 bits per heavy atom. The largest absolute Gasteiger partial charge is 0.432 e. The standard InChI is InChI=1S/C29H37N5O4Si/c1-20-26(38-27(28(20)39(2,3)37)14-16-33-19-23(15-17-35)31-32-33)13-10-21-8-11-24(12-9-21)34-29(36)25-7-5-4-6-22(25)18-30-34/h4-9,11-12,18-20,26-28,35,37H,10,13-17H2,1-3H3/t20-,26+,27-,28+/m1/s1. The van der Waals surface area contributed by atoms with Crippen LogP contribution >= 0.6 is 0 Å². The number of fused-ring (bicyclic) bond motifs is 1. The first kappa shape index (κ1) is 27.4. The molecule has 206 valence electrons. The lowest BCUT2D eigenvalue weighted by molar-refractivity contribution is 0.0245. The minimum atomic E-state index is -2.46. The lowest BCUT2D eigenvalue weighted by Crippen LogP contribution is -2.40. The van der Waals surface area contributed by atoms with Crippen molar-refractivity contribution in [2.75, 3.05) is 6.61 Å². The number of aliphatic hydroxyl groups excluding tert-OH is 1. The van der Waals surface area contributed by atoms with Crippen LogP contribution in [0.3, 0.4) is 0 Å². The van der Waals surface area contributed by atoms with E-state index in [-0.39, 0.29) is 35.8 Å². The maximum absolute atomic E-state index is 12.9. The van der Waals surface area contributed by atoms with E-state index in [0.717, 1.165) is 36.0 Å². The van der Waals surface area contributed by atoms with Crippen molar-refractivity contribution in [2.45, 2.75) is 70.0 Å². The molecule has 0 radical (unpaired) electrons. The predicted octanol–water partition coefficient (Wildman–Crippen LogP) is 3.51. The smallest absolute Gasteiger partial charge is 0.279 e. The van der Waals surface area contributed by atoms with Crippen molar-refractivity contribution in [1.82, 2.24) is 24.8 Å². The maximum atomic E-state index is 12.9. The Balaban J connectivity index is 1.23. The van der Waals surface area contributed by atoms with Crippen LogP contribution in [0.2, 0.25) is 18.6 Å². The monoisotopic (exact) mass is 547 g/mol. The van der Waals surface area contributed by atoms with Gasteiger partial charge in [0.05, 0.1) is 35.2 Å². The number of benzene rings is 2. The molecule has 0 bridgehead atoms. The Morgan fingerprint density at radius 3 is 2.54 bits per heavy atom. The molecule has 2 aromatic carbocycles. The van der Waals surface area contributed by atoms with Crippen molar-refractivity contribution >= 4 is 19.1 Å². The highest BCUT2D eigenvalue weighted by Gasteiger charge is 2.49. The van der Waals surface area contributed by atoms with Crippen LogP contribution in [-0.4, -0.2) is 61.8 Å². The van der Waals surface area contributed by atoms with Crippen LogP contribution in [0.25, 0.3) is 16.5 Å². The molecule has 0 spiro atoms. The fourth-order valence-corrected chi connectivity index (χ4v) is 8.66. The summed E-state index contributed by atoms with van der Waals surface area (Å²) in [5.41, 5.74) is 2.69. The molecule has 2 N–H and O–H groups in total. The first-order valence-electron chi connectivity index (χ1n) is 13.7. The molecule has 5 rings (SSSR count). The molecular weight excluding hydrogens is 510 g/mol. The van der Waals surface area contributed by atoms with E-state index in [1.807, 2.05) is 67.8 Å². The van der Waals surface area contributed by atoms with E-state index in [9.17, 15) is 9.59 Å². The fourth-order valence-electron chi connectivity index (χ4n) is 6.00. The van der Waals surface area contributed by atoms with Crippen LogP contribution in [0.4, 0.5) is 0 Å². The van der Waals surface area contributed by atoms with Gasteiger partial charge in [0.15, 0.2) is 8.32 Å². The number of rotatable bonds is 10. The van der Waals surface area contributed by atoms with Crippen LogP contribution in [0.5, 0.6) is 0 Å². The zero-order valence-electron chi connectivity index (χ0n) is 22.8. The quantitative estimate of drug-likeness (QED) is 0.292. The molecule has 9 nitrogen and oxygen atoms in total. The van der Waals surface area contributed by atoms with Gasteiger partial charge < -0.3 is 14.6 Å². The van der Waals surface area contributed by atoms with Crippen LogP contribution < -0.4 is 5.56 Å². The van der Waals surface area contributed by atoms with Gasteiger partial charge in [-0.1, -0.05) is 42.5 Å². The number of nitrogens with zero attached hydrogens (tertiary/aromatic N) is 5. The summed E-state index contributed by atoms with van der Waals surface area (Å²) in [5, 5.41) is 23.2. The second-order valence-corrected chi connectivity index (χ2v) is 15.1. The molecule has 3 heterocycles. The van der Waals surface area contributed by atoms with Gasteiger partial charge >= 0.3 is 0 Å². The van der Waals surface area contributed by atoms with Crippen LogP contribution in [0.15, 0.2) is 65.7 Å². The van der Waals surface area contributed by atoms with Crippen molar-refractivity contribution in [3.8, 4) is 5.69 Å². The van der Waals surface area contributed by atoms with E-state index in [0.29, 0.717) is 18.4 Å². The summed E-state index contributed by atoms with van der Waals surface area (Å²) >= 11 is 0. The Morgan fingerprint density at radius 1 is 1.03 bits per heavy atom. The van der Waals surface area contributed by atoms with E-state index in [2.05, 4.69) is 22.3 Å². The van der Waals surface area contributed by atoms with Crippen LogP contribution in [-0.2, 0) is 24.1 Å². The molecule has 1 fully saturated rings. The van der Waals surface area contributed by atoms with E-state index in [1.54, 1.807) is 10.9 Å². The van der Waals surface area contributed by atoms with E-state index in [4.69, 9.17) is 9.84 Å². The van der Waals surface area contributed by atoms with Crippen LogP contribution in [0, 0.1) is 5.92 Å². The van der Waals surface area contributed by atoms with Gasteiger partial charge in [0.2, 0.25) is 0 Å². The summed E-state index contributed by atoms with van der Waals surface area (Å²) in [4.78, 5) is 24.0. The van der Waals surface area contributed by atoms with Gasteiger partial charge in [0.25, 0.3) is 5.56 Å². The summed E-state index contributed by atoms with van der Waals surface area (Å²) in [6.45, 7) is 6.92. The molecule has 39 heavy (non-hydrogen) atoms. The predicted molar refractivity (Wildman–Crippen MR) is 152 cm³/mol. The summed E-state index contributed by atoms with van der Waals surface area (Å²) in [6.07, 6.45) is 6.57. The van der Waals surface area contributed by atoms with E-state index in [1.165, 1.54) is 10.2 Å². The van der Waals surface area contributed by atoms with Gasteiger partial charge in [-0.15, -0.1) is 5.10 Å². The van der Waals surface area contributed by atoms with Gasteiger partial charge in [-0.25, -0.2) is 0 Å². The molecule has 1 aliphatic rings. The van der Waals surface area contributed by atoms with Crippen molar-refractivity contribution in [3.63, 3.8) is 0 Å². The molecule has 0 saturated carbocycles. The minimum Gasteiger partial charge on any atom is -0.432 e. The lowest BCUT2D eigenvalue weighted by atomic mass is 9.95. The van der Waals surface area contributed by atoms with Crippen molar-refractivity contribution in [1.29, 1.82) is 0 Å². The second kappa shape index (κ2) is 11.5. The van der Waals surface area contributed by atoms with Gasteiger partial charge in [0, 0.05) is 36.7 Å². The molecule has 4 aromatic rings. The van der Waals surface area contributed by atoms with Crippen LogP contribution in [0.1, 0.15) is 31.0 Å². The van der Waals surface area contributed by atoms with E-state index >= 15 is 0 Å². The Labute approximate surface area is 229 Å². The highest BCUT2D eigenvalue weighted by Crippen LogP contribution is 2.45. The number of aromatic nitrogens is 5. The number of hydrogen-bond acceptors (Lipinski definition) is 7. The average Bonchev–Trinajstić information content (AvgIpc) is 3.50. The molecule has 1 saturated heterocycles. The number of hydrogen-bond donors (Lipinski definition) is 2. The molecule has 1 aliphatic heterocycles. The SMILES string of the molecule is C[C@H]1[C@H]([Si](C)(C)O)[C@@H](CCn2cc(CCO)nn2)O[C@H]1CCc1ccc(-n2ncc3ccccc3c2=O)cc1. The van der Waals surface area contributed by atoms with Gasteiger partial charge in [0.1, 0.15) is 0 Å². The molecule has 4 atom stereocenters. The minimum absolute atomic E-state index is 0.0320. The summed E-state index contributed by atoms with van der Waals surface area (Å²) in [7, 11) is -2.46. The topological polar surface area (TPSA) is 115 Å². The highest BCUT2D eigenvalue weighted by atomic mass is 28.4. The Kier molecular flexibility index (Phi) is 8.08. The Hall–Kier alpha value is -3.18. The molecular formula is C29H37N5O4Si. The zero-order chi connectivity index (χ0) is 27.6. The summed E-state index contributed by atoms with van der Waals surface area (Å²) < 4.78 is 9.82. The normalized spacial score (nSPS) is 21.6. The van der Waals surface area contributed by atoms with Gasteiger partial charge in [-0.3, -0.25) is 9.48 Å². The molecule has 10 heteroatoms. The summed E-state index contributed by atoms with van der Waals surface area (Å²) in [6, 6.07) is 15.5. The third kappa shape index (κ3) is 6.04. The third-order valence-electron chi connectivity index (χ3n) is 7.91. The van der Waals surface area contributed by atoms with Gasteiger partial charge in [-0.05, 0) is 62.0 Å². The molecule has 0 aliphatic carbocycles. The van der Waals surface area contributed by atoms with Crippen molar-refractivity contribution in [3.05, 3.63) is 82.5 Å². The third-order valence-corrected chi connectivity index (χ3v) is 10.4. The average molecular weight is 548 g/mol.